The molecule has 4 aliphatic rings. The number of rotatable bonds is 4. The van der Waals surface area contributed by atoms with Crippen molar-refractivity contribution in [2.45, 2.75) is 30.7 Å². The first-order valence-corrected chi connectivity index (χ1v) is 8.63. The minimum absolute atomic E-state index is 0.0228. The molecule has 1 saturated heterocycles. The Balaban J connectivity index is 1.56. The van der Waals surface area contributed by atoms with E-state index in [2.05, 4.69) is 15.6 Å². The number of hydrogen-bond acceptors (Lipinski definition) is 6. The van der Waals surface area contributed by atoms with E-state index >= 15 is 0 Å². The van der Waals surface area contributed by atoms with Gasteiger partial charge in [0.2, 0.25) is 6.29 Å². The molecular formula is C17H24N4O4. The summed E-state index contributed by atoms with van der Waals surface area (Å²) in [4.78, 5) is 19.1. The van der Waals surface area contributed by atoms with Crippen molar-refractivity contribution in [3.8, 4) is 0 Å². The van der Waals surface area contributed by atoms with Gasteiger partial charge in [0.25, 0.3) is 0 Å². The van der Waals surface area contributed by atoms with Crippen molar-refractivity contribution < 1.29 is 19.0 Å². The van der Waals surface area contributed by atoms with E-state index in [1.807, 2.05) is 17.0 Å². The van der Waals surface area contributed by atoms with E-state index in [0.29, 0.717) is 38.0 Å². The first-order valence-electron chi connectivity index (χ1n) is 8.63. The predicted octanol–water partition coefficient (Wildman–Crippen LogP) is 1.20. The van der Waals surface area contributed by atoms with Gasteiger partial charge in [-0.1, -0.05) is 6.07 Å². The van der Waals surface area contributed by atoms with Crippen LogP contribution in [0.25, 0.3) is 0 Å². The van der Waals surface area contributed by atoms with Crippen LogP contribution in [0.5, 0.6) is 0 Å². The van der Waals surface area contributed by atoms with Crippen molar-refractivity contribution in [3.05, 3.63) is 23.4 Å². The van der Waals surface area contributed by atoms with E-state index in [0.717, 1.165) is 24.2 Å². The molecular weight excluding hydrogens is 324 g/mol. The fourth-order valence-electron chi connectivity index (χ4n) is 3.96. The van der Waals surface area contributed by atoms with Crippen LogP contribution in [0.15, 0.2) is 12.1 Å². The molecule has 0 unspecified atom stereocenters. The molecule has 8 heteroatoms. The van der Waals surface area contributed by atoms with Gasteiger partial charge in [-0.25, -0.2) is 9.78 Å². The molecule has 136 valence electrons. The first-order chi connectivity index (χ1) is 12.1. The maximum absolute atomic E-state index is 12.7. The molecule has 1 aliphatic carbocycles. The Morgan fingerprint density at radius 3 is 2.76 bits per heavy atom. The molecule has 0 spiro atoms. The molecule has 0 atom stereocenters. The highest BCUT2D eigenvalue weighted by atomic mass is 16.7. The van der Waals surface area contributed by atoms with Crippen LogP contribution in [0.2, 0.25) is 0 Å². The monoisotopic (exact) mass is 348 g/mol. The van der Waals surface area contributed by atoms with Crippen LogP contribution in [0.3, 0.4) is 0 Å². The molecule has 2 amide bonds. The lowest BCUT2D eigenvalue weighted by Crippen LogP contribution is -2.64. The smallest absolute Gasteiger partial charge is 0.318 e. The molecule has 3 aliphatic heterocycles. The summed E-state index contributed by atoms with van der Waals surface area (Å²) < 4.78 is 15.9. The number of carbonyl (C=O) groups excluding carboxylic acids is 1. The number of nitrogens with zero attached hydrogens (tertiary/aromatic N) is 2. The van der Waals surface area contributed by atoms with Gasteiger partial charge in [0.15, 0.2) is 0 Å². The number of ether oxygens (including phenoxy) is 3. The summed E-state index contributed by atoms with van der Waals surface area (Å²) in [6.45, 7) is 2.47. The maximum Gasteiger partial charge on any atom is 0.318 e. The van der Waals surface area contributed by atoms with E-state index in [-0.39, 0.29) is 11.6 Å². The number of urea groups is 1. The molecule has 5 rings (SSSR count). The molecule has 1 saturated carbocycles. The molecule has 1 aromatic heterocycles. The van der Waals surface area contributed by atoms with Gasteiger partial charge >= 0.3 is 6.03 Å². The Labute approximate surface area is 146 Å². The lowest BCUT2D eigenvalue weighted by Gasteiger charge is -2.54. The third kappa shape index (κ3) is 2.84. The third-order valence-electron chi connectivity index (χ3n) is 5.28. The van der Waals surface area contributed by atoms with Crippen molar-refractivity contribution in [1.82, 2.24) is 15.2 Å². The zero-order valence-electron chi connectivity index (χ0n) is 14.6. The Morgan fingerprint density at radius 2 is 2.08 bits per heavy atom. The number of amides is 2. The number of aromatic nitrogens is 1. The summed E-state index contributed by atoms with van der Waals surface area (Å²) in [6, 6.07) is 4.23. The van der Waals surface area contributed by atoms with Crippen LogP contribution in [0.4, 0.5) is 10.6 Å². The van der Waals surface area contributed by atoms with E-state index < -0.39 is 6.29 Å². The van der Waals surface area contributed by atoms with Crippen molar-refractivity contribution in [2.75, 3.05) is 45.8 Å². The SMILES string of the molecule is COC(OC)c1ccc2c(n1)NC1CC2(NC(=O)N2CCOCC2)C1. The molecule has 8 nitrogen and oxygen atoms in total. The minimum Gasteiger partial charge on any atom is -0.378 e. The molecule has 1 aromatic rings. The summed E-state index contributed by atoms with van der Waals surface area (Å²) in [5.74, 6) is 0.807. The van der Waals surface area contributed by atoms with Crippen molar-refractivity contribution in [3.63, 3.8) is 0 Å². The van der Waals surface area contributed by atoms with E-state index in [9.17, 15) is 4.79 Å². The largest absolute Gasteiger partial charge is 0.378 e. The third-order valence-corrected chi connectivity index (χ3v) is 5.28. The molecule has 0 radical (unpaired) electrons. The number of methoxy groups -OCH3 is 2. The van der Waals surface area contributed by atoms with Crippen LogP contribution in [-0.4, -0.2) is 62.5 Å². The van der Waals surface area contributed by atoms with Crippen LogP contribution < -0.4 is 10.6 Å². The summed E-state index contributed by atoms with van der Waals surface area (Å²) in [5, 5.41) is 6.69. The summed E-state index contributed by atoms with van der Waals surface area (Å²) in [7, 11) is 3.18. The van der Waals surface area contributed by atoms with Gasteiger partial charge in [0.1, 0.15) is 5.82 Å². The van der Waals surface area contributed by atoms with E-state index in [4.69, 9.17) is 14.2 Å². The van der Waals surface area contributed by atoms with Gasteiger partial charge in [0.05, 0.1) is 24.4 Å². The lowest BCUT2D eigenvalue weighted by atomic mass is 9.65. The van der Waals surface area contributed by atoms with Crippen LogP contribution in [-0.2, 0) is 19.7 Å². The van der Waals surface area contributed by atoms with Crippen molar-refractivity contribution >= 4 is 11.8 Å². The highest BCUT2D eigenvalue weighted by molar-refractivity contribution is 5.77. The highest BCUT2D eigenvalue weighted by Crippen LogP contribution is 2.50. The van der Waals surface area contributed by atoms with Crippen LogP contribution >= 0.6 is 0 Å². The fraction of sp³-hybridized carbons (Fsp3) is 0.647. The fourth-order valence-corrected chi connectivity index (χ4v) is 3.96. The number of carbonyl (C=O) groups is 1. The van der Waals surface area contributed by atoms with Gasteiger partial charge in [-0.15, -0.1) is 0 Å². The Bertz CT molecular complexity index is 652. The summed E-state index contributed by atoms with van der Waals surface area (Å²) >= 11 is 0. The number of hydrogen-bond donors (Lipinski definition) is 2. The van der Waals surface area contributed by atoms with E-state index in [1.165, 1.54) is 0 Å². The van der Waals surface area contributed by atoms with Crippen LogP contribution in [0.1, 0.15) is 30.4 Å². The number of pyridine rings is 1. The quantitative estimate of drug-likeness (QED) is 0.796. The zero-order valence-corrected chi connectivity index (χ0v) is 14.6. The second-order valence-electron chi connectivity index (χ2n) is 6.80. The van der Waals surface area contributed by atoms with Gasteiger partial charge in [0, 0.05) is 38.9 Å². The van der Waals surface area contributed by atoms with Gasteiger partial charge in [-0.05, 0) is 18.9 Å². The summed E-state index contributed by atoms with van der Waals surface area (Å²) in [6.07, 6.45) is 1.27. The second kappa shape index (κ2) is 6.44. The number of nitrogens with one attached hydrogen (secondary N) is 2. The standard InChI is InChI=1S/C17H24N4O4/c1-23-15(24-2)13-4-3-12-14(19-13)18-11-9-17(12,10-11)20-16(22)21-5-7-25-8-6-21/h3-4,11,15H,5-10H2,1-2H3,(H,18,19)(H,20,22). The van der Waals surface area contributed by atoms with Crippen molar-refractivity contribution in [1.29, 1.82) is 0 Å². The Hall–Kier alpha value is -1.90. The molecule has 2 N–H and O–H groups in total. The predicted molar refractivity (Wildman–Crippen MR) is 90.2 cm³/mol. The number of anilines is 1. The van der Waals surface area contributed by atoms with Crippen LogP contribution in [0, 0.1) is 0 Å². The minimum atomic E-state index is -0.496. The average Bonchev–Trinajstić information content (AvgIpc) is 2.62. The molecule has 25 heavy (non-hydrogen) atoms. The molecule has 0 aromatic carbocycles. The van der Waals surface area contributed by atoms with Gasteiger partial charge in [-0.3, -0.25) is 0 Å². The topological polar surface area (TPSA) is 85.0 Å². The number of morpholine rings is 1. The van der Waals surface area contributed by atoms with E-state index in [1.54, 1.807) is 14.2 Å². The Kier molecular flexibility index (Phi) is 4.26. The van der Waals surface area contributed by atoms with Gasteiger partial charge < -0.3 is 29.7 Å². The Morgan fingerprint density at radius 1 is 1.36 bits per heavy atom. The molecule has 2 bridgehead atoms. The maximum atomic E-state index is 12.7. The zero-order chi connectivity index (χ0) is 17.4. The molecule has 2 fully saturated rings. The van der Waals surface area contributed by atoms with Gasteiger partial charge in [-0.2, -0.15) is 0 Å². The average molecular weight is 348 g/mol. The normalized spacial score (nSPS) is 27.3. The first kappa shape index (κ1) is 16.6. The van der Waals surface area contributed by atoms with Crippen molar-refractivity contribution in [2.24, 2.45) is 0 Å². The second-order valence-corrected chi connectivity index (χ2v) is 6.80. The molecule has 4 heterocycles. The lowest BCUT2D eigenvalue weighted by molar-refractivity contribution is -0.108. The summed E-state index contributed by atoms with van der Waals surface area (Å²) in [5.41, 5.74) is 1.42. The highest BCUT2D eigenvalue weighted by Gasteiger charge is 2.52.